The Labute approximate surface area is 194 Å². The van der Waals surface area contributed by atoms with Crippen molar-refractivity contribution in [2.24, 2.45) is 0 Å². The van der Waals surface area contributed by atoms with Gasteiger partial charge in [0.1, 0.15) is 0 Å². The molecule has 1 atom stereocenters. The van der Waals surface area contributed by atoms with Crippen molar-refractivity contribution in [3.8, 4) is 0 Å². The number of hydrogen-bond acceptors (Lipinski definition) is 5. The molecule has 5 nitrogen and oxygen atoms in total. The molecule has 0 aliphatic rings. The molecule has 34 heavy (non-hydrogen) atoms. The highest BCUT2D eigenvalue weighted by Crippen LogP contribution is 2.48. The summed E-state index contributed by atoms with van der Waals surface area (Å²) < 4.78 is 106. The van der Waals surface area contributed by atoms with E-state index in [0.717, 1.165) is 36.4 Å². The first-order valence-electron chi connectivity index (χ1n) is 9.93. The van der Waals surface area contributed by atoms with Gasteiger partial charge in [-0.2, -0.15) is 13.2 Å². The summed E-state index contributed by atoms with van der Waals surface area (Å²) >= 11 is 0. The minimum Gasteiger partial charge on any atom is -0.396 e. The Morgan fingerprint density at radius 3 is 1.44 bits per heavy atom. The van der Waals surface area contributed by atoms with Gasteiger partial charge < -0.3 is 5.11 Å². The van der Waals surface area contributed by atoms with Gasteiger partial charge >= 0.3 is 10.5 Å². The van der Waals surface area contributed by atoms with Crippen molar-refractivity contribution in [3.05, 3.63) is 96.1 Å². The number of halogens is 4. The summed E-state index contributed by atoms with van der Waals surface area (Å²) in [5, 5.41) is 9.58. The highest BCUT2D eigenvalue weighted by Gasteiger charge is 2.62. The molecular weight excluding hydrogens is 496 g/mol. The topological polar surface area (TPSA) is 88.5 Å². The molecule has 0 aliphatic heterocycles. The molecule has 0 spiro atoms. The van der Waals surface area contributed by atoms with E-state index >= 15 is 4.39 Å². The van der Waals surface area contributed by atoms with Gasteiger partial charge in [-0.3, -0.25) is 0 Å². The molecule has 0 unspecified atom stereocenters. The van der Waals surface area contributed by atoms with Gasteiger partial charge in [0.05, 0.1) is 21.3 Å². The van der Waals surface area contributed by atoms with Crippen LogP contribution in [0.5, 0.6) is 0 Å². The van der Waals surface area contributed by atoms with E-state index in [1.165, 1.54) is 36.4 Å². The maximum atomic E-state index is 17.1. The Hall–Kier alpha value is -2.76. The molecule has 182 valence electrons. The SMILES string of the molecule is O=S(=O)(c1ccccc1)C(F)([C@@H](CCO)c1ccc(C(F)(F)F)cc1)S(=O)(=O)c1ccccc1. The van der Waals surface area contributed by atoms with Gasteiger partial charge in [0, 0.05) is 6.61 Å². The summed E-state index contributed by atoms with van der Waals surface area (Å²) in [5.74, 6) is -2.05. The lowest BCUT2D eigenvalue weighted by molar-refractivity contribution is -0.137. The second-order valence-corrected chi connectivity index (χ2v) is 11.8. The molecule has 3 aromatic rings. The van der Waals surface area contributed by atoms with Crippen LogP contribution in [0.1, 0.15) is 23.5 Å². The van der Waals surface area contributed by atoms with Gasteiger partial charge in [0.2, 0.25) is 19.7 Å². The van der Waals surface area contributed by atoms with Crippen molar-refractivity contribution in [1.82, 2.24) is 0 Å². The predicted molar refractivity (Wildman–Crippen MR) is 117 cm³/mol. The van der Waals surface area contributed by atoms with E-state index in [-0.39, 0.29) is 5.56 Å². The molecule has 0 bridgehead atoms. The van der Waals surface area contributed by atoms with Crippen LogP contribution in [-0.2, 0) is 25.9 Å². The van der Waals surface area contributed by atoms with Gasteiger partial charge in [0.15, 0.2) is 0 Å². The molecule has 0 aromatic heterocycles. The lowest BCUT2D eigenvalue weighted by Crippen LogP contribution is -2.47. The van der Waals surface area contributed by atoms with E-state index in [4.69, 9.17) is 0 Å². The van der Waals surface area contributed by atoms with Gasteiger partial charge in [0.25, 0.3) is 0 Å². The van der Waals surface area contributed by atoms with Crippen molar-refractivity contribution in [2.75, 3.05) is 6.61 Å². The van der Waals surface area contributed by atoms with Crippen LogP contribution < -0.4 is 0 Å². The van der Waals surface area contributed by atoms with Crippen LogP contribution in [0.4, 0.5) is 17.6 Å². The van der Waals surface area contributed by atoms with Gasteiger partial charge in [-0.15, -0.1) is 0 Å². The van der Waals surface area contributed by atoms with Crippen molar-refractivity contribution in [2.45, 2.75) is 32.6 Å². The minimum atomic E-state index is -5.30. The molecule has 3 rings (SSSR count). The van der Waals surface area contributed by atoms with Gasteiger partial charge in [-0.05, 0) is 48.4 Å². The number of alkyl halides is 4. The zero-order valence-electron chi connectivity index (χ0n) is 17.5. The van der Waals surface area contributed by atoms with E-state index in [0.29, 0.717) is 12.1 Å². The number of rotatable bonds is 8. The van der Waals surface area contributed by atoms with Crippen molar-refractivity contribution < 1.29 is 39.5 Å². The van der Waals surface area contributed by atoms with Crippen molar-refractivity contribution >= 4 is 19.7 Å². The molecule has 0 amide bonds. The third kappa shape index (κ3) is 4.47. The molecule has 0 fully saturated rings. The van der Waals surface area contributed by atoms with Crippen LogP contribution in [0.25, 0.3) is 0 Å². The lowest BCUT2D eigenvalue weighted by atomic mass is 9.95. The zero-order chi connectivity index (χ0) is 25.2. The molecule has 0 heterocycles. The summed E-state index contributed by atoms with van der Waals surface area (Å²) in [6.07, 6.45) is -5.41. The maximum Gasteiger partial charge on any atom is 0.416 e. The van der Waals surface area contributed by atoms with Crippen LogP contribution in [0, 0.1) is 0 Å². The van der Waals surface area contributed by atoms with Crippen LogP contribution >= 0.6 is 0 Å². The Morgan fingerprint density at radius 2 is 1.09 bits per heavy atom. The molecule has 0 saturated heterocycles. The van der Waals surface area contributed by atoms with Crippen LogP contribution in [0.15, 0.2) is 94.7 Å². The summed E-state index contributed by atoms with van der Waals surface area (Å²) in [5.41, 5.74) is -1.41. The minimum absolute atomic E-state index is 0.330. The van der Waals surface area contributed by atoms with Crippen LogP contribution in [0.3, 0.4) is 0 Å². The molecule has 1 N–H and O–H groups in total. The van der Waals surface area contributed by atoms with Gasteiger partial charge in [-0.1, -0.05) is 48.5 Å². The molecule has 0 aliphatic carbocycles. The van der Waals surface area contributed by atoms with E-state index in [9.17, 15) is 35.1 Å². The first-order chi connectivity index (χ1) is 15.9. The smallest absolute Gasteiger partial charge is 0.396 e. The number of aliphatic hydroxyl groups is 1. The Kier molecular flexibility index (Phi) is 7.20. The number of hydrogen-bond donors (Lipinski definition) is 1. The largest absolute Gasteiger partial charge is 0.416 e. The standard InChI is InChI=1S/C23H20F4O5S2/c24-22(25,26)18-13-11-17(12-14-18)21(15-16-28)23(27,33(29,30)19-7-3-1-4-8-19)34(31,32)20-9-5-2-6-10-20/h1-14,21,28H,15-16H2/t21-/m0/s1. The molecular formula is C23H20F4O5S2. The summed E-state index contributed by atoms with van der Waals surface area (Å²) in [7, 11) is -10.6. The van der Waals surface area contributed by atoms with E-state index in [1.54, 1.807) is 0 Å². The average Bonchev–Trinajstić information content (AvgIpc) is 2.82. The molecule has 0 radical (unpaired) electrons. The van der Waals surface area contributed by atoms with E-state index < -0.39 is 64.5 Å². The Balaban J connectivity index is 2.33. The second kappa shape index (κ2) is 9.47. The third-order valence-corrected chi connectivity index (χ3v) is 10.5. The Morgan fingerprint density at radius 1 is 0.676 bits per heavy atom. The maximum absolute atomic E-state index is 17.1. The monoisotopic (exact) mass is 516 g/mol. The average molecular weight is 517 g/mol. The fourth-order valence-electron chi connectivity index (χ4n) is 3.61. The van der Waals surface area contributed by atoms with Crippen LogP contribution in [-0.4, -0.2) is 32.9 Å². The highest BCUT2D eigenvalue weighted by molar-refractivity contribution is 8.10. The van der Waals surface area contributed by atoms with E-state index in [2.05, 4.69) is 0 Å². The first-order valence-corrected chi connectivity index (χ1v) is 12.9. The second-order valence-electron chi connectivity index (χ2n) is 7.40. The van der Waals surface area contributed by atoms with E-state index in [1.807, 2.05) is 0 Å². The normalized spacial score (nSPS) is 14.0. The molecule has 11 heteroatoms. The van der Waals surface area contributed by atoms with Crippen molar-refractivity contribution in [3.63, 3.8) is 0 Å². The summed E-state index contributed by atoms with van der Waals surface area (Å²) in [6.45, 7) is -0.827. The quantitative estimate of drug-likeness (QED) is 0.437. The number of aliphatic hydroxyl groups excluding tert-OH is 1. The summed E-state index contributed by atoms with van der Waals surface area (Å²) in [4.78, 5) is -1.27. The third-order valence-electron chi connectivity index (χ3n) is 5.31. The first kappa shape index (κ1) is 25.9. The fourth-order valence-corrected chi connectivity index (χ4v) is 8.27. The number of benzene rings is 3. The number of sulfone groups is 2. The van der Waals surface area contributed by atoms with Crippen LogP contribution in [0.2, 0.25) is 0 Å². The van der Waals surface area contributed by atoms with Gasteiger partial charge in [-0.25, -0.2) is 21.2 Å². The molecule has 3 aromatic carbocycles. The lowest BCUT2D eigenvalue weighted by Gasteiger charge is -2.33. The Bertz CT molecular complexity index is 1250. The fraction of sp³-hybridized carbons (Fsp3) is 0.217. The molecule has 0 saturated carbocycles. The zero-order valence-corrected chi connectivity index (χ0v) is 19.1. The predicted octanol–water partition coefficient (Wildman–Crippen LogP) is 4.74. The highest BCUT2D eigenvalue weighted by atomic mass is 32.3. The summed E-state index contributed by atoms with van der Waals surface area (Å²) in [6, 6.07) is 14.9. The van der Waals surface area contributed by atoms with Crippen molar-refractivity contribution in [1.29, 1.82) is 0 Å².